The molecule has 1 atom stereocenters. The summed E-state index contributed by atoms with van der Waals surface area (Å²) in [6.07, 6.45) is 1.76. The van der Waals surface area contributed by atoms with Crippen molar-refractivity contribution in [2.75, 3.05) is 7.11 Å². The van der Waals surface area contributed by atoms with Crippen molar-refractivity contribution in [1.29, 1.82) is 0 Å². The molecule has 0 fully saturated rings. The standard InChI is InChI=1S/C21H19N5O2/c1-13(22)16-5-3-6-17(24-16)14-9-10-15-12-23-26(19(15)11-14)20-8-4-7-18(25-20)21(27)28-2/h3-13H,22H2,1-2H3. The van der Waals surface area contributed by atoms with Gasteiger partial charge in [-0.3, -0.25) is 4.98 Å². The van der Waals surface area contributed by atoms with Gasteiger partial charge in [-0.1, -0.05) is 24.3 Å². The number of pyridine rings is 2. The summed E-state index contributed by atoms with van der Waals surface area (Å²) in [6, 6.07) is 16.8. The average molecular weight is 373 g/mol. The first-order chi connectivity index (χ1) is 13.6. The molecule has 7 heteroatoms. The monoisotopic (exact) mass is 373 g/mol. The Morgan fingerprint density at radius 1 is 1.11 bits per heavy atom. The van der Waals surface area contributed by atoms with Crippen LogP contribution in [0.2, 0.25) is 0 Å². The minimum atomic E-state index is -0.490. The predicted molar refractivity (Wildman–Crippen MR) is 106 cm³/mol. The van der Waals surface area contributed by atoms with Crippen LogP contribution in [0.25, 0.3) is 28.0 Å². The van der Waals surface area contributed by atoms with E-state index >= 15 is 0 Å². The van der Waals surface area contributed by atoms with E-state index in [9.17, 15) is 4.79 Å². The Balaban J connectivity index is 1.81. The molecule has 0 radical (unpaired) electrons. The van der Waals surface area contributed by atoms with Gasteiger partial charge in [0.15, 0.2) is 11.5 Å². The van der Waals surface area contributed by atoms with E-state index in [0.717, 1.165) is 27.9 Å². The molecule has 28 heavy (non-hydrogen) atoms. The number of hydrogen-bond acceptors (Lipinski definition) is 6. The first-order valence-electron chi connectivity index (χ1n) is 8.83. The highest BCUT2D eigenvalue weighted by molar-refractivity contribution is 5.88. The summed E-state index contributed by atoms with van der Waals surface area (Å²) >= 11 is 0. The third-order valence-electron chi connectivity index (χ3n) is 4.45. The van der Waals surface area contributed by atoms with Crippen LogP contribution in [0, 0.1) is 0 Å². The van der Waals surface area contributed by atoms with Gasteiger partial charge in [-0.2, -0.15) is 5.10 Å². The molecule has 0 spiro atoms. The Morgan fingerprint density at radius 3 is 2.71 bits per heavy atom. The molecule has 140 valence electrons. The van der Waals surface area contributed by atoms with E-state index in [4.69, 9.17) is 10.5 Å². The molecule has 0 aliphatic carbocycles. The largest absolute Gasteiger partial charge is 0.464 e. The van der Waals surface area contributed by atoms with Crippen LogP contribution in [-0.4, -0.2) is 32.8 Å². The third-order valence-corrected chi connectivity index (χ3v) is 4.45. The van der Waals surface area contributed by atoms with Gasteiger partial charge in [0.1, 0.15) is 0 Å². The Bertz CT molecular complexity index is 1170. The molecule has 0 saturated heterocycles. The number of fused-ring (bicyclic) bond motifs is 1. The highest BCUT2D eigenvalue weighted by atomic mass is 16.5. The van der Waals surface area contributed by atoms with Crippen molar-refractivity contribution in [3.05, 3.63) is 72.2 Å². The fourth-order valence-corrected chi connectivity index (χ4v) is 2.99. The van der Waals surface area contributed by atoms with Gasteiger partial charge in [-0.15, -0.1) is 0 Å². The minimum absolute atomic E-state index is 0.139. The number of hydrogen-bond donors (Lipinski definition) is 1. The van der Waals surface area contributed by atoms with Crippen LogP contribution in [0.1, 0.15) is 29.1 Å². The van der Waals surface area contributed by atoms with Crippen molar-refractivity contribution in [2.24, 2.45) is 5.73 Å². The van der Waals surface area contributed by atoms with Gasteiger partial charge in [0.05, 0.1) is 30.2 Å². The van der Waals surface area contributed by atoms with Gasteiger partial charge in [-0.05, 0) is 37.3 Å². The van der Waals surface area contributed by atoms with Crippen LogP contribution in [0.4, 0.5) is 0 Å². The van der Waals surface area contributed by atoms with Gasteiger partial charge in [0.25, 0.3) is 0 Å². The highest BCUT2D eigenvalue weighted by Crippen LogP contribution is 2.25. The smallest absolute Gasteiger partial charge is 0.356 e. The lowest BCUT2D eigenvalue weighted by Crippen LogP contribution is -2.08. The lowest BCUT2D eigenvalue weighted by atomic mass is 10.1. The zero-order valence-electron chi connectivity index (χ0n) is 15.5. The van der Waals surface area contributed by atoms with E-state index in [1.807, 2.05) is 43.3 Å². The fourth-order valence-electron chi connectivity index (χ4n) is 2.99. The SMILES string of the molecule is COC(=O)c1cccc(-n2ncc3ccc(-c4cccc(C(C)N)n4)cc32)n1. The minimum Gasteiger partial charge on any atom is -0.464 e. The van der Waals surface area contributed by atoms with E-state index < -0.39 is 5.97 Å². The fraction of sp³-hybridized carbons (Fsp3) is 0.143. The zero-order chi connectivity index (χ0) is 19.7. The molecule has 1 unspecified atom stereocenters. The summed E-state index contributed by atoms with van der Waals surface area (Å²) in [5.74, 6) is 0.0447. The Hall–Kier alpha value is -3.58. The molecule has 2 N–H and O–H groups in total. The number of carbonyl (C=O) groups is 1. The third kappa shape index (κ3) is 3.23. The molecule has 0 aliphatic heterocycles. The number of rotatable bonds is 4. The second kappa shape index (κ2) is 7.21. The molecule has 4 rings (SSSR count). The van der Waals surface area contributed by atoms with Gasteiger partial charge >= 0.3 is 5.97 Å². The molecule has 3 heterocycles. The van der Waals surface area contributed by atoms with E-state index in [1.54, 1.807) is 29.1 Å². The number of esters is 1. The number of methoxy groups -OCH3 is 1. The Labute approximate surface area is 161 Å². The van der Waals surface area contributed by atoms with Gasteiger partial charge in [-0.25, -0.2) is 14.5 Å². The average Bonchev–Trinajstić information content (AvgIpc) is 3.16. The van der Waals surface area contributed by atoms with Crippen LogP contribution in [0.15, 0.2) is 60.8 Å². The summed E-state index contributed by atoms with van der Waals surface area (Å²) in [6.45, 7) is 1.91. The lowest BCUT2D eigenvalue weighted by Gasteiger charge is -2.08. The molecular weight excluding hydrogens is 354 g/mol. The van der Waals surface area contributed by atoms with Crippen molar-refractivity contribution in [2.45, 2.75) is 13.0 Å². The predicted octanol–water partition coefficient (Wildman–Crippen LogP) is 3.29. The molecule has 4 aromatic rings. The van der Waals surface area contributed by atoms with Gasteiger partial charge in [0, 0.05) is 17.0 Å². The van der Waals surface area contributed by atoms with Crippen molar-refractivity contribution in [1.82, 2.24) is 19.7 Å². The number of nitrogens with zero attached hydrogens (tertiary/aromatic N) is 4. The van der Waals surface area contributed by atoms with E-state index in [-0.39, 0.29) is 11.7 Å². The quantitative estimate of drug-likeness (QED) is 0.552. The molecule has 0 saturated carbocycles. The van der Waals surface area contributed by atoms with Crippen molar-refractivity contribution in [3.63, 3.8) is 0 Å². The molecule has 3 aromatic heterocycles. The summed E-state index contributed by atoms with van der Waals surface area (Å²) in [5, 5.41) is 5.39. The van der Waals surface area contributed by atoms with E-state index in [2.05, 4.69) is 15.1 Å². The normalized spacial score (nSPS) is 12.1. The second-order valence-corrected chi connectivity index (χ2v) is 6.44. The Morgan fingerprint density at radius 2 is 1.93 bits per heavy atom. The Kier molecular flexibility index (Phi) is 4.58. The maximum atomic E-state index is 11.8. The van der Waals surface area contributed by atoms with Crippen molar-refractivity contribution in [3.8, 4) is 17.1 Å². The summed E-state index contributed by atoms with van der Waals surface area (Å²) in [5.41, 5.74) is 9.66. The molecule has 0 amide bonds. The maximum Gasteiger partial charge on any atom is 0.356 e. The lowest BCUT2D eigenvalue weighted by molar-refractivity contribution is 0.0594. The molecular formula is C21H19N5O2. The van der Waals surface area contributed by atoms with E-state index in [0.29, 0.717) is 5.82 Å². The molecule has 7 nitrogen and oxygen atoms in total. The number of aromatic nitrogens is 4. The van der Waals surface area contributed by atoms with Crippen LogP contribution in [0.3, 0.4) is 0 Å². The maximum absolute atomic E-state index is 11.8. The van der Waals surface area contributed by atoms with E-state index in [1.165, 1.54) is 7.11 Å². The highest BCUT2D eigenvalue weighted by Gasteiger charge is 2.12. The number of ether oxygens (including phenoxy) is 1. The zero-order valence-corrected chi connectivity index (χ0v) is 15.5. The second-order valence-electron chi connectivity index (χ2n) is 6.44. The molecule has 1 aromatic carbocycles. The first kappa shape index (κ1) is 17.8. The summed E-state index contributed by atoms with van der Waals surface area (Å²) in [4.78, 5) is 20.8. The van der Waals surface area contributed by atoms with Gasteiger partial charge in [0.2, 0.25) is 0 Å². The summed E-state index contributed by atoms with van der Waals surface area (Å²) < 4.78 is 6.45. The first-order valence-corrected chi connectivity index (χ1v) is 8.83. The van der Waals surface area contributed by atoms with Gasteiger partial charge < -0.3 is 10.5 Å². The number of nitrogens with two attached hydrogens (primary N) is 1. The topological polar surface area (TPSA) is 95.9 Å². The van der Waals surface area contributed by atoms with Crippen LogP contribution in [0.5, 0.6) is 0 Å². The molecule has 0 bridgehead atoms. The summed E-state index contributed by atoms with van der Waals surface area (Å²) in [7, 11) is 1.33. The van der Waals surface area contributed by atoms with Crippen LogP contribution >= 0.6 is 0 Å². The molecule has 0 aliphatic rings. The number of carbonyl (C=O) groups excluding carboxylic acids is 1. The van der Waals surface area contributed by atoms with Crippen molar-refractivity contribution >= 4 is 16.9 Å². The van der Waals surface area contributed by atoms with Crippen LogP contribution < -0.4 is 5.73 Å². The van der Waals surface area contributed by atoms with Crippen LogP contribution in [-0.2, 0) is 4.74 Å². The van der Waals surface area contributed by atoms with Crippen molar-refractivity contribution < 1.29 is 9.53 Å². The number of benzene rings is 1.